The van der Waals surface area contributed by atoms with E-state index in [1.54, 1.807) is 0 Å². The fraction of sp³-hybridized carbons (Fsp3) is 0.350. The number of likely N-dealkylation sites (N-methyl/N-ethyl adjacent to an activating group) is 1. The number of carbonyl (C=O) groups is 1. The molecule has 1 aliphatic rings. The second-order valence-corrected chi connectivity index (χ2v) is 6.70. The number of amides is 1. The van der Waals surface area contributed by atoms with Gasteiger partial charge in [0.25, 0.3) is 0 Å². The second kappa shape index (κ2) is 7.16. The van der Waals surface area contributed by atoms with Gasteiger partial charge in [-0.05, 0) is 25.2 Å². The number of benzene rings is 2. The van der Waals surface area contributed by atoms with E-state index >= 15 is 0 Å². The maximum atomic E-state index is 13.1. The van der Waals surface area contributed by atoms with Crippen molar-refractivity contribution in [2.45, 2.75) is 18.0 Å². The largest absolute Gasteiger partial charge is 0.339 e. The number of rotatable bonds is 4. The first-order valence-corrected chi connectivity index (χ1v) is 8.38. The van der Waals surface area contributed by atoms with Crippen LogP contribution in [-0.4, -0.2) is 48.9 Å². The average Bonchev–Trinajstić information content (AvgIpc) is 2.98. The van der Waals surface area contributed by atoms with Crippen molar-refractivity contribution >= 4 is 5.91 Å². The Labute approximate surface area is 143 Å². The molecule has 4 nitrogen and oxygen atoms in total. The van der Waals surface area contributed by atoms with Crippen molar-refractivity contribution in [1.82, 2.24) is 9.80 Å². The molecule has 2 aromatic rings. The van der Waals surface area contributed by atoms with E-state index in [1.165, 1.54) is 5.56 Å². The van der Waals surface area contributed by atoms with Crippen molar-refractivity contribution in [2.75, 3.05) is 27.2 Å². The number of hydrogen-bond donors (Lipinski definition) is 1. The molecule has 1 fully saturated rings. The van der Waals surface area contributed by atoms with Gasteiger partial charge in [0.2, 0.25) is 5.91 Å². The van der Waals surface area contributed by atoms with Crippen LogP contribution < -0.4 is 5.73 Å². The Kier molecular flexibility index (Phi) is 4.97. The highest BCUT2D eigenvalue weighted by atomic mass is 16.2. The first-order valence-electron chi connectivity index (χ1n) is 8.38. The van der Waals surface area contributed by atoms with Gasteiger partial charge in [0.15, 0.2) is 0 Å². The molecule has 24 heavy (non-hydrogen) atoms. The Balaban J connectivity index is 1.80. The van der Waals surface area contributed by atoms with Gasteiger partial charge in [0.1, 0.15) is 6.04 Å². The Morgan fingerprint density at radius 2 is 1.62 bits per heavy atom. The first-order chi connectivity index (χ1) is 11.6. The molecule has 126 valence electrons. The van der Waals surface area contributed by atoms with Crippen LogP contribution in [0.1, 0.15) is 23.1 Å². The SMILES string of the molecule is CN(C)C(C(=O)N1C[C@@H](N)[C@H](c2ccccc2)C1)c1ccccc1. The highest BCUT2D eigenvalue weighted by Crippen LogP contribution is 2.29. The van der Waals surface area contributed by atoms with Crippen molar-refractivity contribution in [3.8, 4) is 0 Å². The van der Waals surface area contributed by atoms with Crippen molar-refractivity contribution in [1.29, 1.82) is 0 Å². The molecule has 3 atom stereocenters. The molecule has 1 saturated heterocycles. The molecule has 1 aliphatic heterocycles. The number of hydrogen-bond acceptors (Lipinski definition) is 3. The fourth-order valence-electron chi connectivity index (χ4n) is 3.53. The van der Waals surface area contributed by atoms with E-state index in [2.05, 4.69) is 12.1 Å². The highest BCUT2D eigenvalue weighted by Gasteiger charge is 2.37. The van der Waals surface area contributed by atoms with Gasteiger partial charge in [-0.15, -0.1) is 0 Å². The van der Waals surface area contributed by atoms with E-state index in [0.29, 0.717) is 13.1 Å². The third-order valence-corrected chi connectivity index (χ3v) is 4.77. The monoisotopic (exact) mass is 323 g/mol. The summed E-state index contributed by atoms with van der Waals surface area (Å²) in [4.78, 5) is 17.0. The molecule has 2 aromatic carbocycles. The zero-order valence-electron chi connectivity index (χ0n) is 14.3. The normalized spacial score (nSPS) is 21.9. The summed E-state index contributed by atoms with van der Waals surface area (Å²) in [5, 5.41) is 0. The van der Waals surface area contributed by atoms with Gasteiger partial charge in [-0.2, -0.15) is 0 Å². The minimum absolute atomic E-state index is 0.0186. The molecule has 0 radical (unpaired) electrons. The molecule has 0 bridgehead atoms. The average molecular weight is 323 g/mol. The number of carbonyl (C=O) groups excluding carboxylic acids is 1. The second-order valence-electron chi connectivity index (χ2n) is 6.70. The summed E-state index contributed by atoms with van der Waals surface area (Å²) in [6, 6.07) is 19.9. The predicted molar refractivity (Wildman–Crippen MR) is 96.6 cm³/mol. The molecule has 1 unspecified atom stereocenters. The molecule has 3 rings (SSSR count). The molecule has 1 heterocycles. The van der Waals surface area contributed by atoms with Crippen LogP contribution in [0.4, 0.5) is 0 Å². The lowest BCUT2D eigenvalue weighted by atomic mass is 9.95. The number of nitrogens with two attached hydrogens (primary N) is 1. The maximum absolute atomic E-state index is 13.1. The summed E-state index contributed by atoms with van der Waals surface area (Å²) < 4.78 is 0. The van der Waals surface area contributed by atoms with Gasteiger partial charge < -0.3 is 10.6 Å². The quantitative estimate of drug-likeness (QED) is 0.939. The van der Waals surface area contributed by atoms with E-state index in [0.717, 1.165) is 5.56 Å². The van der Waals surface area contributed by atoms with E-state index in [4.69, 9.17) is 5.73 Å². The molecule has 4 heteroatoms. The lowest BCUT2D eigenvalue weighted by Crippen LogP contribution is -2.40. The Morgan fingerprint density at radius 3 is 2.21 bits per heavy atom. The Bertz CT molecular complexity index is 672. The van der Waals surface area contributed by atoms with Gasteiger partial charge in [-0.1, -0.05) is 60.7 Å². The van der Waals surface area contributed by atoms with Crippen LogP contribution in [0.25, 0.3) is 0 Å². The van der Waals surface area contributed by atoms with Crippen molar-refractivity contribution < 1.29 is 4.79 Å². The summed E-state index contributed by atoms with van der Waals surface area (Å²) in [6.45, 7) is 1.29. The lowest BCUT2D eigenvalue weighted by molar-refractivity contribution is -0.135. The fourth-order valence-corrected chi connectivity index (χ4v) is 3.53. The summed E-state index contributed by atoms with van der Waals surface area (Å²) >= 11 is 0. The Morgan fingerprint density at radius 1 is 1.04 bits per heavy atom. The third kappa shape index (κ3) is 3.35. The molecule has 0 saturated carbocycles. The number of likely N-dealkylation sites (tertiary alicyclic amines) is 1. The van der Waals surface area contributed by atoms with Gasteiger partial charge in [-0.25, -0.2) is 0 Å². The third-order valence-electron chi connectivity index (χ3n) is 4.77. The summed E-state index contributed by atoms with van der Waals surface area (Å²) in [6.07, 6.45) is 0. The van der Waals surface area contributed by atoms with Crippen LogP contribution >= 0.6 is 0 Å². The Hall–Kier alpha value is -2.17. The lowest BCUT2D eigenvalue weighted by Gasteiger charge is -2.28. The summed E-state index contributed by atoms with van der Waals surface area (Å²) in [5.74, 6) is 0.328. The van der Waals surface area contributed by atoms with E-state index in [-0.39, 0.29) is 23.9 Å². The van der Waals surface area contributed by atoms with Gasteiger partial charge >= 0.3 is 0 Å². The van der Waals surface area contributed by atoms with Crippen LogP contribution in [-0.2, 0) is 4.79 Å². The smallest absolute Gasteiger partial charge is 0.244 e. The molecular formula is C20H25N3O. The zero-order chi connectivity index (χ0) is 17.1. The summed E-state index contributed by atoms with van der Waals surface area (Å²) in [7, 11) is 3.89. The van der Waals surface area contributed by atoms with Crippen LogP contribution in [0.15, 0.2) is 60.7 Å². The summed E-state index contributed by atoms with van der Waals surface area (Å²) in [5.41, 5.74) is 8.57. The van der Waals surface area contributed by atoms with Crippen molar-refractivity contribution in [3.63, 3.8) is 0 Å². The minimum atomic E-state index is -0.270. The topological polar surface area (TPSA) is 49.6 Å². The van der Waals surface area contributed by atoms with Crippen LogP contribution in [0.5, 0.6) is 0 Å². The minimum Gasteiger partial charge on any atom is -0.339 e. The van der Waals surface area contributed by atoms with E-state index in [9.17, 15) is 4.79 Å². The van der Waals surface area contributed by atoms with Gasteiger partial charge in [0.05, 0.1) is 0 Å². The molecule has 0 aliphatic carbocycles. The van der Waals surface area contributed by atoms with Crippen LogP contribution in [0.2, 0.25) is 0 Å². The number of nitrogens with zero attached hydrogens (tertiary/aromatic N) is 2. The molecule has 0 spiro atoms. The molecule has 0 aromatic heterocycles. The standard InChI is InChI=1S/C20H25N3O/c1-22(2)19(16-11-7-4-8-12-16)20(24)23-13-17(18(21)14-23)15-9-5-3-6-10-15/h3-12,17-19H,13-14,21H2,1-2H3/t17-,18+,19?/m0/s1. The van der Waals surface area contributed by atoms with Gasteiger partial charge in [0, 0.05) is 25.0 Å². The molecule has 1 amide bonds. The van der Waals surface area contributed by atoms with Crippen LogP contribution in [0.3, 0.4) is 0 Å². The first kappa shape index (κ1) is 16.7. The van der Waals surface area contributed by atoms with E-state index < -0.39 is 0 Å². The van der Waals surface area contributed by atoms with Gasteiger partial charge in [-0.3, -0.25) is 9.69 Å². The van der Waals surface area contributed by atoms with Crippen molar-refractivity contribution in [3.05, 3.63) is 71.8 Å². The van der Waals surface area contributed by atoms with Crippen molar-refractivity contribution in [2.24, 2.45) is 5.73 Å². The molecule has 2 N–H and O–H groups in total. The predicted octanol–water partition coefficient (Wildman–Crippen LogP) is 2.24. The van der Waals surface area contributed by atoms with E-state index in [1.807, 2.05) is 72.4 Å². The maximum Gasteiger partial charge on any atom is 0.244 e. The van der Waals surface area contributed by atoms with Crippen LogP contribution in [0, 0.1) is 0 Å². The highest BCUT2D eigenvalue weighted by molar-refractivity contribution is 5.83. The zero-order valence-corrected chi connectivity index (χ0v) is 14.3. The molecular weight excluding hydrogens is 298 g/mol.